The molecule has 0 atom stereocenters. The van der Waals surface area contributed by atoms with Crippen LogP contribution >= 0.6 is 0 Å². The van der Waals surface area contributed by atoms with Gasteiger partial charge in [-0.2, -0.15) is 4.98 Å². The van der Waals surface area contributed by atoms with Gasteiger partial charge in [0.25, 0.3) is 5.56 Å². The van der Waals surface area contributed by atoms with Crippen molar-refractivity contribution in [2.24, 2.45) is 14.1 Å². The zero-order chi connectivity index (χ0) is 19.0. The first-order valence-electron chi connectivity index (χ1n) is 7.86. The van der Waals surface area contributed by atoms with Gasteiger partial charge in [0.2, 0.25) is 5.95 Å². The van der Waals surface area contributed by atoms with Crippen molar-refractivity contribution in [1.82, 2.24) is 24.4 Å². The molecule has 10 nitrogen and oxygen atoms in total. The van der Waals surface area contributed by atoms with Gasteiger partial charge in [0, 0.05) is 26.2 Å². The van der Waals surface area contributed by atoms with Crippen LogP contribution in [0.2, 0.25) is 0 Å². The predicted octanol–water partition coefficient (Wildman–Crippen LogP) is -0.774. The van der Waals surface area contributed by atoms with Gasteiger partial charge < -0.3 is 10.3 Å². The fourth-order valence-corrected chi connectivity index (χ4v) is 2.44. The summed E-state index contributed by atoms with van der Waals surface area (Å²) in [5, 5.41) is 2.53. The number of nitrogens with zero attached hydrogens (tertiary/aromatic N) is 4. The first-order valence-corrected chi connectivity index (χ1v) is 7.86. The van der Waals surface area contributed by atoms with Crippen LogP contribution in [-0.2, 0) is 23.7 Å². The lowest BCUT2D eigenvalue weighted by molar-refractivity contribution is -0.138. The topological polar surface area (TPSA) is 122 Å². The lowest BCUT2D eigenvalue weighted by atomic mass is 10.3. The molecule has 0 aliphatic carbocycles. The van der Waals surface area contributed by atoms with E-state index in [1.165, 1.54) is 18.7 Å². The number of hydrogen-bond acceptors (Lipinski definition) is 5. The molecule has 0 radical (unpaired) electrons. The number of rotatable bonds is 3. The quantitative estimate of drug-likeness (QED) is 0.704. The van der Waals surface area contributed by atoms with Crippen LogP contribution in [0.1, 0.15) is 27.7 Å². The number of hydrogen-bond donors (Lipinski definition) is 2. The summed E-state index contributed by atoms with van der Waals surface area (Å²) >= 11 is 0. The van der Waals surface area contributed by atoms with Crippen molar-refractivity contribution in [2.75, 3.05) is 4.90 Å². The Morgan fingerprint density at radius 2 is 1.72 bits per heavy atom. The molecule has 2 heterocycles. The van der Waals surface area contributed by atoms with Crippen molar-refractivity contribution in [3.05, 3.63) is 20.8 Å². The van der Waals surface area contributed by atoms with Gasteiger partial charge >= 0.3 is 17.5 Å². The summed E-state index contributed by atoms with van der Waals surface area (Å²) in [5.41, 5.74) is -0.886. The molecule has 0 aromatic carbocycles. The highest BCUT2D eigenvalue weighted by molar-refractivity contribution is 6.40. The Morgan fingerprint density at radius 1 is 1.12 bits per heavy atom. The zero-order valence-corrected chi connectivity index (χ0v) is 15.1. The third-order valence-electron chi connectivity index (χ3n) is 3.66. The lowest BCUT2D eigenvalue weighted by Gasteiger charge is -2.23. The Bertz CT molecular complexity index is 949. The maximum Gasteiger partial charge on any atom is 0.332 e. The van der Waals surface area contributed by atoms with Gasteiger partial charge in [-0.15, -0.1) is 0 Å². The number of aryl methyl sites for hydroxylation is 1. The van der Waals surface area contributed by atoms with Crippen LogP contribution in [0.5, 0.6) is 0 Å². The van der Waals surface area contributed by atoms with Gasteiger partial charge in [-0.25, -0.2) is 4.79 Å². The van der Waals surface area contributed by atoms with Gasteiger partial charge in [0.05, 0.1) is 0 Å². The van der Waals surface area contributed by atoms with E-state index < -0.39 is 29.1 Å². The summed E-state index contributed by atoms with van der Waals surface area (Å²) in [6, 6.07) is -0.596. The Hall–Kier alpha value is -2.91. The van der Waals surface area contributed by atoms with Crippen LogP contribution in [0.3, 0.4) is 0 Å². The highest BCUT2D eigenvalue weighted by Gasteiger charge is 2.29. The maximum absolute atomic E-state index is 12.5. The molecule has 136 valence electrons. The van der Waals surface area contributed by atoms with Crippen LogP contribution in [-0.4, -0.2) is 43.0 Å². The molecule has 0 aliphatic rings. The fourth-order valence-electron chi connectivity index (χ4n) is 2.44. The molecule has 0 aliphatic heterocycles. The molecular formula is C15H22N6O4. The van der Waals surface area contributed by atoms with E-state index in [4.69, 9.17) is 0 Å². The lowest BCUT2D eigenvalue weighted by Crippen LogP contribution is -2.48. The number of carbonyl (C=O) groups is 2. The Kier molecular flexibility index (Phi) is 4.82. The molecule has 0 spiro atoms. The van der Waals surface area contributed by atoms with E-state index >= 15 is 0 Å². The van der Waals surface area contributed by atoms with Crippen LogP contribution in [0, 0.1) is 0 Å². The SMILES string of the molecule is CC(C)NC(=O)C(=O)N(c1nc2c([nH]1)c(=O)n(C)c(=O)n2C)C(C)C. The van der Waals surface area contributed by atoms with E-state index in [0.29, 0.717) is 0 Å². The monoisotopic (exact) mass is 350 g/mol. The Morgan fingerprint density at radius 3 is 2.24 bits per heavy atom. The summed E-state index contributed by atoms with van der Waals surface area (Å²) in [5.74, 6) is -1.54. The molecule has 0 bridgehead atoms. The number of amides is 2. The fraction of sp³-hybridized carbons (Fsp3) is 0.533. The third-order valence-corrected chi connectivity index (χ3v) is 3.66. The first kappa shape index (κ1) is 18.4. The van der Waals surface area contributed by atoms with Crippen LogP contribution in [0.15, 0.2) is 9.59 Å². The minimum absolute atomic E-state index is 0.0345. The number of aromatic amines is 1. The predicted molar refractivity (Wildman–Crippen MR) is 92.5 cm³/mol. The molecule has 10 heteroatoms. The molecule has 25 heavy (non-hydrogen) atoms. The highest BCUT2D eigenvalue weighted by atomic mass is 16.2. The van der Waals surface area contributed by atoms with Crippen LogP contribution in [0.4, 0.5) is 5.95 Å². The number of nitrogens with one attached hydrogen (secondary N) is 2. The Balaban J connectivity index is 2.61. The van der Waals surface area contributed by atoms with Gasteiger partial charge in [-0.05, 0) is 27.7 Å². The number of imidazole rings is 1. The molecule has 0 unspecified atom stereocenters. The van der Waals surface area contributed by atoms with Crippen LogP contribution in [0.25, 0.3) is 11.2 Å². The van der Waals surface area contributed by atoms with Gasteiger partial charge in [-0.3, -0.25) is 28.4 Å². The molecule has 2 amide bonds. The number of carbonyl (C=O) groups excluding carboxylic acids is 2. The van der Waals surface area contributed by atoms with Crippen molar-refractivity contribution < 1.29 is 9.59 Å². The van der Waals surface area contributed by atoms with E-state index in [9.17, 15) is 19.2 Å². The number of H-pyrrole nitrogens is 1. The first-order chi connectivity index (χ1) is 11.6. The molecule has 2 rings (SSSR count). The average molecular weight is 350 g/mol. The minimum atomic E-state index is -0.801. The van der Waals surface area contributed by atoms with Gasteiger partial charge in [-0.1, -0.05) is 0 Å². The van der Waals surface area contributed by atoms with E-state index in [0.717, 1.165) is 9.47 Å². The van der Waals surface area contributed by atoms with Crippen molar-refractivity contribution in [3.63, 3.8) is 0 Å². The molecule has 2 aromatic rings. The van der Waals surface area contributed by atoms with E-state index in [2.05, 4.69) is 15.3 Å². The largest absolute Gasteiger partial charge is 0.346 e. The second kappa shape index (κ2) is 6.54. The van der Waals surface area contributed by atoms with Crippen LogP contribution < -0.4 is 21.5 Å². The van der Waals surface area contributed by atoms with Crippen molar-refractivity contribution in [1.29, 1.82) is 0 Å². The van der Waals surface area contributed by atoms with E-state index in [-0.39, 0.29) is 23.2 Å². The molecule has 2 aromatic heterocycles. The number of aromatic nitrogens is 4. The summed E-state index contributed by atoms with van der Waals surface area (Å²) in [4.78, 5) is 56.9. The number of anilines is 1. The standard InChI is InChI=1S/C15H22N6O4/c1-7(2)16-11(22)13(24)21(8(3)4)14-17-9-10(18-14)19(5)15(25)20(6)12(9)23/h7-8H,1-6H3,(H,16,22)(H,17,18). The minimum Gasteiger partial charge on any atom is -0.346 e. The van der Waals surface area contributed by atoms with Gasteiger partial charge in [0.15, 0.2) is 11.2 Å². The summed E-state index contributed by atoms with van der Waals surface area (Å²) in [6.07, 6.45) is 0. The summed E-state index contributed by atoms with van der Waals surface area (Å²) in [6.45, 7) is 6.91. The van der Waals surface area contributed by atoms with Gasteiger partial charge in [0.1, 0.15) is 0 Å². The van der Waals surface area contributed by atoms with E-state index in [1.807, 2.05) is 0 Å². The molecule has 0 fully saturated rings. The second-order valence-electron chi connectivity index (χ2n) is 6.36. The summed E-state index contributed by atoms with van der Waals surface area (Å²) in [7, 11) is 2.83. The normalized spacial score (nSPS) is 11.4. The highest BCUT2D eigenvalue weighted by Crippen LogP contribution is 2.16. The van der Waals surface area contributed by atoms with Crippen molar-refractivity contribution in [2.45, 2.75) is 39.8 Å². The maximum atomic E-state index is 12.5. The molecule has 0 saturated heterocycles. The smallest absolute Gasteiger partial charge is 0.332 e. The molecule has 0 saturated carbocycles. The Labute approximate surface area is 143 Å². The second-order valence-corrected chi connectivity index (χ2v) is 6.36. The molecular weight excluding hydrogens is 328 g/mol. The third kappa shape index (κ3) is 3.19. The zero-order valence-electron chi connectivity index (χ0n) is 15.1. The van der Waals surface area contributed by atoms with E-state index in [1.54, 1.807) is 27.7 Å². The van der Waals surface area contributed by atoms with Crippen molar-refractivity contribution >= 4 is 28.9 Å². The average Bonchev–Trinajstić information content (AvgIpc) is 2.94. The summed E-state index contributed by atoms with van der Waals surface area (Å²) < 4.78 is 2.14. The number of fused-ring (bicyclic) bond motifs is 1. The molecule has 2 N–H and O–H groups in total. The van der Waals surface area contributed by atoms with Crippen molar-refractivity contribution in [3.8, 4) is 0 Å².